The number of carbonyl (C=O) groups is 1. The van der Waals surface area contributed by atoms with Crippen LogP contribution in [0.2, 0.25) is 0 Å². The maximum absolute atomic E-state index is 11.0. The number of methoxy groups -OCH3 is 4. The van der Waals surface area contributed by atoms with Crippen molar-refractivity contribution in [3.05, 3.63) is 70.8 Å². The molecule has 0 fully saturated rings. The summed E-state index contributed by atoms with van der Waals surface area (Å²) in [4.78, 5) is 10.8. The maximum atomic E-state index is 11.0. The second kappa shape index (κ2) is 13.5. The van der Waals surface area contributed by atoms with Crippen molar-refractivity contribution < 1.29 is 53.6 Å². The van der Waals surface area contributed by atoms with Crippen LogP contribution in [0, 0.1) is 0 Å². The number of aldehydes is 1. The number of ether oxygens (including phenoxy) is 6. The van der Waals surface area contributed by atoms with E-state index in [0.717, 1.165) is 0 Å². The minimum atomic E-state index is -1.31. The van der Waals surface area contributed by atoms with Crippen LogP contribution in [0.1, 0.15) is 40.4 Å². The molecular weight excluding hydrogens is 548 g/mol. The molecule has 0 spiro atoms. The average Bonchev–Trinajstić information content (AvgIpc) is 3.40. The highest BCUT2D eigenvalue weighted by atomic mass is 16.6. The van der Waals surface area contributed by atoms with Gasteiger partial charge in [0.05, 0.1) is 47.6 Å². The molecule has 1 heterocycles. The quantitative estimate of drug-likeness (QED) is 0.173. The molecular formula is C31H34O11. The fraction of sp³-hybridized carbons (Fsp3) is 0.323. The van der Waals surface area contributed by atoms with Crippen molar-refractivity contribution in [1.29, 1.82) is 0 Å². The molecule has 4 atom stereocenters. The van der Waals surface area contributed by atoms with Gasteiger partial charge in [0.25, 0.3) is 0 Å². The number of aromatic hydroxyl groups is 1. The van der Waals surface area contributed by atoms with E-state index in [1.165, 1.54) is 52.7 Å². The Kier molecular flexibility index (Phi) is 9.79. The van der Waals surface area contributed by atoms with Crippen LogP contribution in [0.25, 0.3) is 6.08 Å². The first-order chi connectivity index (χ1) is 20.3. The zero-order valence-electron chi connectivity index (χ0n) is 23.6. The molecule has 0 saturated carbocycles. The van der Waals surface area contributed by atoms with Gasteiger partial charge in [-0.05, 0) is 53.6 Å². The monoisotopic (exact) mass is 582 g/mol. The highest BCUT2D eigenvalue weighted by Crippen LogP contribution is 2.53. The fourth-order valence-corrected chi connectivity index (χ4v) is 4.94. The third kappa shape index (κ3) is 5.94. The number of aliphatic hydroxyl groups excluding tert-OH is 3. The van der Waals surface area contributed by atoms with Gasteiger partial charge in [0.1, 0.15) is 18.5 Å². The first-order valence-electron chi connectivity index (χ1n) is 13.0. The Morgan fingerprint density at radius 3 is 2.14 bits per heavy atom. The SMILES string of the molecule is COc1cc([C@@H](O)[C@H](CO)Oc2c(OC)cc([C@@H]3Oc4c(OC)cc(C=CC=O)cc4[C@H]3CO)cc2OC)ccc1O. The van der Waals surface area contributed by atoms with Crippen molar-refractivity contribution in [2.45, 2.75) is 24.2 Å². The summed E-state index contributed by atoms with van der Waals surface area (Å²) in [6.45, 7) is -0.813. The average molecular weight is 583 g/mol. The highest BCUT2D eigenvalue weighted by molar-refractivity contribution is 5.75. The van der Waals surface area contributed by atoms with E-state index >= 15 is 0 Å². The minimum Gasteiger partial charge on any atom is -0.504 e. The van der Waals surface area contributed by atoms with Gasteiger partial charge in [-0.3, -0.25) is 4.79 Å². The third-order valence-electron chi connectivity index (χ3n) is 7.06. The Morgan fingerprint density at radius 2 is 1.57 bits per heavy atom. The molecule has 1 aliphatic heterocycles. The second-order valence-electron chi connectivity index (χ2n) is 9.43. The molecule has 11 nitrogen and oxygen atoms in total. The van der Waals surface area contributed by atoms with Gasteiger partial charge >= 0.3 is 0 Å². The smallest absolute Gasteiger partial charge is 0.204 e. The Labute approximate surface area is 243 Å². The van der Waals surface area contributed by atoms with Gasteiger partial charge in [-0.2, -0.15) is 0 Å². The molecule has 0 radical (unpaired) electrons. The molecule has 0 aliphatic carbocycles. The lowest BCUT2D eigenvalue weighted by Gasteiger charge is -2.26. The van der Waals surface area contributed by atoms with Crippen LogP contribution in [0.15, 0.2) is 48.5 Å². The largest absolute Gasteiger partial charge is 0.504 e. The number of carbonyl (C=O) groups excluding carboxylic acids is 1. The molecule has 1 aliphatic rings. The lowest BCUT2D eigenvalue weighted by Crippen LogP contribution is -2.29. The molecule has 0 amide bonds. The van der Waals surface area contributed by atoms with E-state index in [0.29, 0.717) is 40.0 Å². The molecule has 11 heteroatoms. The molecule has 0 bridgehead atoms. The first-order valence-corrected chi connectivity index (χ1v) is 13.0. The molecule has 3 aromatic rings. The van der Waals surface area contributed by atoms with Crippen LogP contribution in [0.3, 0.4) is 0 Å². The summed E-state index contributed by atoms with van der Waals surface area (Å²) >= 11 is 0. The number of phenolic OH excluding ortho intramolecular Hbond substituents is 1. The molecule has 224 valence electrons. The van der Waals surface area contributed by atoms with Gasteiger partial charge in [-0.25, -0.2) is 0 Å². The molecule has 4 rings (SSSR count). The second-order valence-corrected chi connectivity index (χ2v) is 9.43. The number of phenols is 1. The first kappa shape index (κ1) is 30.5. The predicted molar refractivity (Wildman–Crippen MR) is 152 cm³/mol. The van der Waals surface area contributed by atoms with E-state index in [4.69, 9.17) is 28.4 Å². The van der Waals surface area contributed by atoms with Crippen LogP contribution >= 0.6 is 0 Å². The topological polar surface area (TPSA) is 153 Å². The normalized spacial score (nSPS) is 17.2. The van der Waals surface area contributed by atoms with E-state index < -0.39 is 30.8 Å². The summed E-state index contributed by atoms with van der Waals surface area (Å²) in [5.74, 6) is 1.07. The maximum Gasteiger partial charge on any atom is 0.204 e. The number of allylic oxidation sites excluding steroid dienone is 1. The van der Waals surface area contributed by atoms with E-state index in [-0.39, 0.29) is 35.4 Å². The predicted octanol–water partition coefficient (Wildman–Crippen LogP) is 3.32. The number of hydrogen-bond acceptors (Lipinski definition) is 11. The van der Waals surface area contributed by atoms with Gasteiger partial charge in [-0.1, -0.05) is 12.1 Å². The summed E-state index contributed by atoms with van der Waals surface area (Å²) in [7, 11) is 5.76. The van der Waals surface area contributed by atoms with Gasteiger partial charge in [0.15, 0.2) is 40.6 Å². The highest BCUT2D eigenvalue weighted by Gasteiger charge is 2.39. The van der Waals surface area contributed by atoms with Crippen molar-refractivity contribution in [2.75, 3.05) is 41.7 Å². The number of aliphatic hydroxyl groups is 3. The number of benzene rings is 3. The Hall–Kier alpha value is -4.45. The van der Waals surface area contributed by atoms with Gasteiger partial charge < -0.3 is 48.8 Å². The zero-order valence-corrected chi connectivity index (χ0v) is 23.6. The molecule has 4 N–H and O–H groups in total. The van der Waals surface area contributed by atoms with Crippen molar-refractivity contribution in [1.82, 2.24) is 0 Å². The van der Waals surface area contributed by atoms with Crippen LogP contribution < -0.4 is 28.4 Å². The summed E-state index contributed by atoms with van der Waals surface area (Å²) in [6.07, 6.45) is 0.561. The zero-order chi connectivity index (χ0) is 30.4. The van der Waals surface area contributed by atoms with Gasteiger partial charge in [-0.15, -0.1) is 0 Å². The molecule has 42 heavy (non-hydrogen) atoms. The van der Waals surface area contributed by atoms with E-state index in [1.807, 2.05) is 6.07 Å². The standard InChI is InChI=1S/C31H34O11/c1-37-23-12-18(7-8-22(23)35)28(36)27(16-34)41-31-25(39-3)13-19(14-26(31)40-4)29-21(15-33)20-10-17(6-5-9-32)11-24(38-2)30(20)42-29/h5-14,21,27-29,33-36H,15-16H2,1-4H3/t21-,27+,28-,29+/m1/s1. The molecule has 0 aromatic heterocycles. The van der Waals surface area contributed by atoms with Crippen LogP contribution in [-0.2, 0) is 4.79 Å². The third-order valence-corrected chi connectivity index (χ3v) is 7.06. The van der Waals surface area contributed by atoms with Crippen molar-refractivity contribution in [2.24, 2.45) is 0 Å². The lowest BCUT2D eigenvalue weighted by atomic mass is 9.90. The molecule has 0 saturated heterocycles. The Morgan fingerprint density at radius 1 is 0.905 bits per heavy atom. The van der Waals surface area contributed by atoms with Crippen LogP contribution in [0.4, 0.5) is 0 Å². The number of rotatable bonds is 13. The molecule has 0 unspecified atom stereocenters. The lowest BCUT2D eigenvalue weighted by molar-refractivity contribution is -0.104. The van der Waals surface area contributed by atoms with E-state index in [9.17, 15) is 25.2 Å². The van der Waals surface area contributed by atoms with E-state index in [1.54, 1.807) is 24.3 Å². The van der Waals surface area contributed by atoms with Gasteiger partial charge in [0, 0.05) is 11.1 Å². The van der Waals surface area contributed by atoms with Gasteiger partial charge in [0.2, 0.25) is 5.75 Å². The summed E-state index contributed by atoms with van der Waals surface area (Å²) in [5.41, 5.74) is 2.36. The summed E-state index contributed by atoms with van der Waals surface area (Å²) in [6, 6.07) is 11.2. The number of hydrogen-bond donors (Lipinski definition) is 4. The summed E-state index contributed by atoms with van der Waals surface area (Å²) < 4.78 is 34.2. The Bertz CT molecular complexity index is 1410. The van der Waals surface area contributed by atoms with Crippen molar-refractivity contribution >= 4 is 12.4 Å². The van der Waals surface area contributed by atoms with Crippen LogP contribution in [-0.4, -0.2) is 74.5 Å². The fourth-order valence-electron chi connectivity index (χ4n) is 4.94. The van der Waals surface area contributed by atoms with E-state index in [2.05, 4.69) is 0 Å². The van der Waals surface area contributed by atoms with Crippen molar-refractivity contribution in [3.8, 4) is 40.2 Å². The van der Waals surface area contributed by atoms with Crippen LogP contribution in [0.5, 0.6) is 40.2 Å². The molecule has 3 aromatic carbocycles. The van der Waals surface area contributed by atoms with Crippen molar-refractivity contribution in [3.63, 3.8) is 0 Å². The number of fused-ring (bicyclic) bond motifs is 1. The minimum absolute atomic E-state index is 0.0995. The summed E-state index contributed by atoms with van der Waals surface area (Å²) in [5, 5.41) is 41.4. The Balaban J connectivity index is 1.70.